The van der Waals surface area contributed by atoms with E-state index in [0.717, 1.165) is 0 Å². The minimum absolute atomic E-state index is 0.0320. The fourth-order valence-corrected chi connectivity index (χ4v) is 2.70. The van der Waals surface area contributed by atoms with Crippen LogP contribution in [-0.4, -0.2) is 31.9 Å². The third-order valence-corrected chi connectivity index (χ3v) is 3.79. The van der Waals surface area contributed by atoms with Crippen molar-refractivity contribution in [3.63, 3.8) is 0 Å². The van der Waals surface area contributed by atoms with Gasteiger partial charge >= 0.3 is 0 Å². The van der Waals surface area contributed by atoms with Crippen molar-refractivity contribution in [3.05, 3.63) is 17.8 Å². The topological polar surface area (TPSA) is 97.8 Å². The van der Waals surface area contributed by atoms with Crippen LogP contribution in [0, 0.1) is 0 Å². The van der Waals surface area contributed by atoms with Crippen LogP contribution in [0.2, 0.25) is 0 Å². The summed E-state index contributed by atoms with van der Waals surface area (Å²) in [5.74, 6) is 0.387. The minimum atomic E-state index is -2.40. The van der Waals surface area contributed by atoms with Gasteiger partial charge in [0.1, 0.15) is 5.75 Å². The van der Waals surface area contributed by atoms with Crippen LogP contribution in [0.25, 0.3) is 0 Å². The predicted molar refractivity (Wildman–Crippen MR) is 85.6 cm³/mol. The van der Waals surface area contributed by atoms with Crippen molar-refractivity contribution in [3.8, 4) is 11.6 Å². The van der Waals surface area contributed by atoms with Crippen molar-refractivity contribution in [2.24, 2.45) is 0 Å². The second kappa shape index (κ2) is 6.84. The average Bonchev–Trinajstić information content (AvgIpc) is 3.20. The zero-order valence-corrected chi connectivity index (χ0v) is 14.5. The van der Waals surface area contributed by atoms with Crippen molar-refractivity contribution in [2.75, 3.05) is 0 Å². The molecule has 1 fully saturated rings. The van der Waals surface area contributed by atoms with E-state index in [1.165, 1.54) is 0 Å². The highest BCUT2D eigenvalue weighted by molar-refractivity contribution is 7.77. The maximum Gasteiger partial charge on any atom is 0.261 e. The molecule has 128 valence electrons. The highest BCUT2D eigenvalue weighted by Gasteiger charge is 2.54. The van der Waals surface area contributed by atoms with Gasteiger partial charge in [-0.25, -0.2) is 9.19 Å². The molecule has 0 aromatic carbocycles. The smallest absolute Gasteiger partial charge is 0.261 e. The monoisotopic (exact) mass is 342 g/mol. The second-order valence-electron chi connectivity index (χ2n) is 6.12. The van der Waals surface area contributed by atoms with Gasteiger partial charge in [0, 0.05) is 5.56 Å². The number of aromatic nitrogens is 1. The summed E-state index contributed by atoms with van der Waals surface area (Å²) in [7, 11) is 0. The molecule has 2 N–H and O–H groups in total. The number of nitrogens with zero attached hydrogens (tertiary/aromatic N) is 1. The summed E-state index contributed by atoms with van der Waals surface area (Å²) in [6.07, 6.45) is 2.55. The molecule has 1 aliphatic carbocycles. The molecule has 23 heavy (non-hydrogen) atoms. The lowest BCUT2D eigenvalue weighted by atomic mass is 9.96. The van der Waals surface area contributed by atoms with Crippen molar-refractivity contribution < 1.29 is 23.0 Å². The predicted octanol–water partition coefficient (Wildman–Crippen LogP) is 1.94. The summed E-state index contributed by atoms with van der Waals surface area (Å²) < 4.78 is 33.2. The van der Waals surface area contributed by atoms with E-state index < -0.39 is 22.6 Å². The number of pyridine rings is 1. The summed E-state index contributed by atoms with van der Waals surface area (Å²) in [6, 6.07) is 1.73. The molecule has 0 aliphatic heterocycles. The molecule has 1 amide bonds. The standard InChI is InChI=1S/C15H22N2O5S/c1-9(2)21-11-7-12(13(16-8-11)22-10(3)4)15(5-6-15)14(18)17-23(19)20/h7-10H,5-6H2,1-4H3,(H,17,18)(H,19,20). The van der Waals surface area contributed by atoms with Gasteiger partial charge in [-0.15, -0.1) is 0 Å². The number of hydrogen-bond donors (Lipinski definition) is 2. The lowest BCUT2D eigenvalue weighted by Crippen LogP contribution is -2.36. The van der Waals surface area contributed by atoms with E-state index in [2.05, 4.69) is 4.98 Å². The molecule has 0 saturated heterocycles. The Kier molecular flexibility index (Phi) is 5.26. The number of nitrogens with one attached hydrogen (secondary N) is 1. The van der Waals surface area contributed by atoms with Crippen molar-refractivity contribution >= 4 is 17.2 Å². The van der Waals surface area contributed by atoms with Gasteiger partial charge in [0.2, 0.25) is 11.8 Å². The van der Waals surface area contributed by atoms with E-state index >= 15 is 0 Å². The number of carbonyl (C=O) groups excluding carboxylic acids is 1. The van der Waals surface area contributed by atoms with E-state index in [0.29, 0.717) is 30.0 Å². The molecule has 1 unspecified atom stereocenters. The normalized spacial score (nSPS) is 17.0. The van der Waals surface area contributed by atoms with E-state index in [1.807, 2.05) is 32.4 Å². The Morgan fingerprint density at radius 1 is 1.30 bits per heavy atom. The molecule has 2 rings (SSSR count). The summed E-state index contributed by atoms with van der Waals surface area (Å²) in [6.45, 7) is 7.53. The summed E-state index contributed by atoms with van der Waals surface area (Å²) in [5.41, 5.74) is -0.293. The molecular formula is C15H22N2O5S. The van der Waals surface area contributed by atoms with E-state index in [4.69, 9.17) is 14.0 Å². The van der Waals surface area contributed by atoms with E-state index in [-0.39, 0.29) is 12.2 Å². The molecule has 1 aromatic rings. The third kappa shape index (κ3) is 4.20. The highest BCUT2D eigenvalue weighted by Crippen LogP contribution is 2.52. The minimum Gasteiger partial charge on any atom is -0.489 e. The van der Waals surface area contributed by atoms with Gasteiger partial charge in [-0.3, -0.25) is 14.1 Å². The Morgan fingerprint density at radius 3 is 2.39 bits per heavy atom. The molecule has 8 heteroatoms. The number of amides is 1. The van der Waals surface area contributed by atoms with E-state index in [1.54, 1.807) is 12.3 Å². The molecule has 1 aromatic heterocycles. The summed E-state index contributed by atoms with van der Waals surface area (Å²) >= 11 is -2.40. The molecule has 1 atom stereocenters. The first-order chi connectivity index (χ1) is 10.7. The van der Waals surface area contributed by atoms with Gasteiger partial charge in [0.15, 0.2) is 0 Å². The number of ether oxygens (including phenoxy) is 2. The second-order valence-corrected chi connectivity index (χ2v) is 6.82. The first kappa shape index (κ1) is 17.7. The zero-order valence-electron chi connectivity index (χ0n) is 13.7. The summed E-state index contributed by atoms with van der Waals surface area (Å²) in [5, 5.41) is 0. The fourth-order valence-electron chi connectivity index (χ4n) is 2.35. The lowest BCUT2D eigenvalue weighted by molar-refractivity contribution is -0.121. The van der Waals surface area contributed by atoms with Gasteiger partial charge in [0.25, 0.3) is 11.3 Å². The SMILES string of the molecule is CC(C)Oc1cnc(OC(C)C)c(C2(C(=O)NS(=O)O)CC2)c1. The first-order valence-electron chi connectivity index (χ1n) is 7.50. The number of carbonyl (C=O) groups is 1. The van der Waals surface area contributed by atoms with Gasteiger partial charge in [0.05, 0.1) is 23.8 Å². The molecule has 0 radical (unpaired) electrons. The number of hydrogen-bond acceptors (Lipinski definition) is 5. The Labute approximate surface area is 138 Å². The Balaban J connectivity index is 2.40. The van der Waals surface area contributed by atoms with Gasteiger partial charge in [-0.05, 0) is 46.6 Å². The molecule has 1 aliphatic rings. The van der Waals surface area contributed by atoms with Gasteiger partial charge in [-0.2, -0.15) is 0 Å². The highest BCUT2D eigenvalue weighted by atomic mass is 32.2. The fraction of sp³-hybridized carbons (Fsp3) is 0.600. The van der Waals surface area contributed by atoms with Crippen molar-refractivity contribution in [2.45, 2.75) is 58.2 Å². The largest absolute Gasteiger partial charge is 0.489 e. The molecule has 7 nitrogen and oxygen atoms in total. The summed E-state index contributed by atoms with van der Waals surface area (Å²) in [4.78, 5) is 16.6. The average molecular weight is 342 g/mol. The Hall–Kier alpha value is -1.67. The maximum absolute atomic E-state index is 12.3. The lowest BCUT2D eigenvalue weighted by Gasteiger charge is -2.20. The van der Waals surface area contributed by atoms with Crippen LogP contribution >= 0.6 is 0 Å². The zero-order chi connectivity index (χ0) is 17.2. The van der Waals surface area contributed by atoms with Gasteiger partial charge < -0.3 is 9.47 Å². The van der Waals surface area contributed by atoms with Crippen LogP contribution in [0.4, 0.5) is 0 Å². The molecule has 0 bridgehead atoms. The first-order valence-corrected chi connectivity index (χ1v) is 8.61. The Morgan fingerprint density at radius 2 is 1.91 bits per heavy atom. The molecular weight excluding hydrogens is 320 g/mol. The van der Waals surface area contributed by atoms with Crippen LogP contribution in [0.3, 0.4) is 0 Å². The quantitative estimate of drug-likeness (QED) is 0.735. The van der Waals surface area contributed by atoms with Crippen LogP contribution in [0.5, 0.6) is 11.6 Å². The van der Waals surface area contributed by atoms with Crippen LogP contribution in [-0.2, 0) is 21.5 Å². The Bertz CT molecular complexity index is 614. The maximum atomic E-state index is 12.3. The van der Waals surface area contributed by atoms with Crippen molar-refractivity contribution in [1.29, 1.82) is 0 Å². The van der Waals surface area contributed by atoms with Gasteiger partial charge in [-0.1, -0.05) is 0 Å². The molecule has 0 spiro atoms. The van der Waals surface area contributed by atoms with Crippen LogP contribution in [0.1, 0.15) is 46.1 Å². The molecule has 1 heterocycles. The third-order valence-electron chi connectivity index (χ3n) is 3.43. The van der Waals surface area contributed by atoms with Crippen molar-refractivity contribution in [1.82, 2.24) is 9.71 Å². The van der Waals surface area contributed by atoms with Crippen LogP contribution < -0.4 is 14.2 Å². The number of rotatable bonds is 7. The molecule has 1 saturated carbocycles. The van der Waals surface area contributed by atoms with E-state index in [9.17, 15) is 9.00 Å². The van der Waals surface area contributed by atoms with Crippen LogP contribution in [0.15, 0.2) is 12.3 Å².